The predicted molar refractivity (Wildman–Crippen MR) is 77.4 cm³/mol. The van der Waals surface area contributed by atoms with Crippen molar-refractivity contribution < 1.29 is 9.50 Å². The van der Waals surface area contributed by atoms with Crippen LogP contribution in [0.15, 0.2) is 29.5 Å². The number of nitrogens with zero attached hydrogens (tertiary/aromatic N) is 2. The van der Waals surface area contributed by atoms with Crippen molar-refractivity contribution in [3.63, 3.8) is 0 Å². The summed E-state index contributed by atoms with van der Waals surface area (Å²) in [4.78, 5) is -0.0548. The van der Waals surface area contributed by atoms with Gasteiger partial charge in [0.1, 0.15) is 39.8 Å². The van der Waals surface area contributed by atoms with Gasteiger partial charge in [-0.3, -0.25) is 0 Å². The van der Waals surface area contributed by atoms with Gasteiger partial charge in [-0.25, -0.2) is 4.39 Å². The molecular weight excluding hydrogens is 277 g/mol. The van der Waals surface area contributed by atoms with Crippen molar-refractivity contribution in [3.8, 4) is 12.1 Å². The third-order valence-electron chi connectivity index (χ3n) is 2.52. The highest BCUT2D eigenvalue weighted by Crippen LogP contribution is 2.20. The summed E-state index contributed by atoms with van der Waals surface area (Å²) in [6.45, 7) is 3.41. The minimum Gasteiger partial charge on any atom is -0.511 e. The predicted octanol–water partition coefficient (Wildman–Crippen LogP) is 3.43. The normalized spacial score (nSPS) is 11.3. The summed E-state index contributed by atoms with van der Waals surface area (Å²) in [5, 5.41) is 30.4. The highest BCUT2D eigenvalue weighted by atomic mass is 32.1. The Balaban J connectivity index is 3.16. The maximum atomic E-state index is 13.4. The minimum atomic E-state index is -0.684. The number of halogens is 1. The van der Waals surface area contributed by atoms with E-state index in [0.717, 1.165) is 6.07 Å². The fourth-order valence-corrected chi connectivity index (χ4v) is 1.70. The SMILES string of the molecule is CC(C)C(O)=C(C#N)C(=S)Nc1cccc(F)c1C#N. The largest absolute Gasteiger partial charge is 0.511 e. The second kappa shape index (κ2) is 6.65. The summed E-state index contributed by atoms with van der Waals surface area (Å²) in [5.74, 6) is -1.11. The Morgan fingerprint density at radius 2 is 2.05 bits per heavy atom. The van der Waals surface area contributed by atoms with E-state index in [1.54, 1.807) is 26.0 Å². The molecule has 1 aromatic rings. The Labute approximate surface area is 121 Å². The van der Waals surface area contributed by atoms with Gasteiger partial charge in [0, 0.05) is 5.92 Å². The van der Waals surface area contributed by atoms with E-state index in [1.807, 2.05) is 0 Å². The number of allylic oxidation sites excluding steroid dienone is 1. The van der Waals surface area contributed by atoms with Crippen molar-refractivity contribution in [3.05, 3.63) is 40.9 Å². The van der Waals surface area contributed by atoms with Crippen LogP contribution in [0.3, 0.4) is 0 Å². The van der Waals surface area contributed by atoms with Crippen LogP contribution in [0.1, 0.15) is 19.4 Å². The standard InChI is InChI=1S/C14H12FN3OS/c1-8(2)13(19)10(7-17)14(20)18-12-5-3-4-11(15)9(12)6-16/h3-5,8,19H,1-2H3,(H,18,20). The first-order valence-corrected chi connectivity index (χ1v) is 6.16. The second-order valence-corrected chi connectivity index (χ2v) is 4.66. The molecule has 0 bridgehead atoms. The van der Waals surface area contributed by atoms with Crippen molar-refractivity contribution in [1.82, 2.24) is 0 Å². The number of thiocarbonyl (C=S) groups is 1. The average molecular weight is 289 g/mol. The molecule has 0 aliphatic rings. The molecular formula is C14H12FN3OS. The Morgan fingerprint density at radius 1 is 1.40 bits per heavy atom. The highest BCUT2D eigenvalue weighted by molar-refractivity contribution is 7.81. The first-order valence-electron chi connectivity index (χ1n) is 5.75. The van der Waals surface area contributed by atoms with Crippen LogP contribution in [0, 0.1) is 34.4 Å². The van der Waals surface area contributed by atoms with E-state index in [2.05, 4.69) is 5.32 Å². The zero-order chi connectivity index (χ0) is 15.3. The maximum absolute atomic E-state index is 13.4. The monoisotopic (exact) mass is 289 g/mol. The van der Waals surface area contributed by atoms with E-state index >= 15 is 0 Å². The first kappa shape index (κ1) is 15.6. The van der Waals surface area contributed by atoms with Crippen LogP contribution >= 0.6 is 12.2 Å². The van der Waals surface area contributed by atoms with Gasteiger partial charge in [-0.1, -0.05) is 32.1 Å². The molecule has 6 heteroatoms. The van der Waals surface area contributed by atoms with Gasteiger partial charge in [0.05, 0.1) is 5.69 Å². The second-order valence-electron chi connectivity index (χ2n) is 4.26. The van der Waals surface area contributed by atoms with E-state index in [1.165, 1.54) is 12.1 Å². The van der Waals surface area contributed by atoms with Gasteiger partial charge in [0.15, 0.2) is 0 Å². The molecule has 2 N–H and O–H groups in total. The van der Waals surface area contributed by atoms with Crippen LogP contribution in [-0.4, -0.2) is 10.1 Å². The lowest BCUT2D eigenvalue weighted by atomic mass is 10.1. The van der Waals surface area contributed by atoms with Gasteiger partial charge in [0.2, 0.25) is 0 Å². The van der Waals surface area contributed by atoms with E-state index in [0.29, 0.717) is 0 Å². The molecule has 20 heavy (non-hydrogen) atoms. The third kappa shape index (κ3) is 3.31. The highest BCUT2D eigenvalue weighted by Gasteiger charge is 2.16. The van der Waals surface area contributed by atoms with Crippen LogP contribution in [0.5, 0.6) is 0 Å². The number of hydrogen-bond acceptors (Lipinski definition) is 4. The van der Waals surface area contributed by atoms with Gasteiger partial charge in [-0.05, 0) is 12.1 Å². The molecule has 0 amide bonds. The summed E-state index contributed by atoms with van der Waals surface area (Å²) >= 11 is 5.02. The quantitative estimate of drug-likeness (QED) is 0.386. The molecule has 0 aromatic heterocycles. The molecule has 0 unspecified atom stereocenters. The van der Waals surface area contributed by atoms with Crippen LogP contribution in [0.2, 0.25) is 0 Å². The van der Waals surface area contributed by atoms with Crippen molar-refractivity contribution in [2.45, 2.75) is 13.8 Å². The number of benzene rings is 1. The topological polar surface area (TPSA) is 79.8 Å². The van der Waals surface area contributed by atoms with E-state index in [-0.39, 0.29) is 33.5 Å². The molecule has 0 radical (unpaired) electrons. The zero-order valence-corrected chi connectivity index (χ0v) is 11.8. The van der Waals surface area contributed by atoms with Gasteiger partial charge < -0.3 is 10.4 Å². The molecule has 1 rings (SSSR count). The summed E-state index contributed by atoms with van der Waals surface area (Å²) in [6, 6.07) is 7.56. The van der Waals surface area contributed by atoms with E-state index in [9.17, 15) is 9.50 Å². The number of hydrogen-bond donors (Lipinski definition) is 2. The Kier molecular flexibility index (Phi) is 5.19. The van der Waals surface area contributed by atoms with Crippen molar-refractivity contribution in [2.24, 2.45) is 5.92 Å². The molecule has 0 saturated heterocycles. The number of aliphatic hydroxyl groups is 1. The molecule has 0 atom stereocenters. The number of nitriles is 2. The lowest BCUT2D eigenvalue weighted by Gasteiger charge is -2.12. The molecule has 0 aliphatic heterocycles. The number of aliphatic hydroxyl groups excluding tert-OH is 1. The van der Waals surface area contributed by atoms with Crippen LogP contribution in [0.4, 0.5) is 10.1 Å². The van der Waals surface area contributed by atoms with Crippen molar-refractivity contribution in [2.75, 3.05) is 5.32 Å². The van der Waals surface area contributed by atoms with Crippen molar-refractivity contribution >= 4 is 22.9 Å². The molecule has 1 aromatic carbocycles. The third-order valence-corrected chi connectivity index (χ3v) is 2.82. The van der Waals surface area contributed by atoms with Gasteiger partial charge in [-0.2, -0.15) is 10.5 Å². The van der Waals surface area contributed by atoms with E-state index in [4.69, 9.17) is 22.7 Å². The lowest BCUT2D eigenvalue weighted by molar-refractivity contribution is 0.350. The lowest BCUT2D eigenvalue weighted by Crippen LogP contribution is -2.16. The van der Waals surface area contributed by atoms with Crippen molar-refractivity contribution in [1.29, 1.82) is 10.5 Å². The molecule has 102 valence electrons. The fourth-order valence-electron chi connectivity index (χ4n) is 1.44. The first-order chi connectivity index (χ1) is 9.42. The molecule has 0 spiro atoms. The maximum Gasteiger partial charge on any atom is 0.143 e. The minimum absolute atomic E-state index is 0.0548. The summed E-state index contributed by atoms with van der Waals surface area (Å²) < 4.78 is 13.4. The van der Waals surface area contributed by atoms with Crippen LogP contribution < -0.4 is 5.32 Å². The average Bonchev–Trinajstić information content (AvgIpc) is 2.39. The molecule has 0 saturated carbocycles. The van der Waals surface area contributed by atoms with Gasteiger partial charge >= 0.3 is 0 Å². The van der Waals surface area contributed by atoms with Crippen LogP contribution in [-0.2, 0) is 0 Å². The van der Waals surface area contributed by atoms with Gasteiger partial charge in [-0.15, -0.1) is 0 Å². The Morgan fingerprint density at radius 3 is 2.55 bits per heavy atom. The van der Waals surface area contributed by atoms with E-state index < -0.39 is 5.82 Å². The van der Waals surface area contributed by atoms with Crippen LogP contribution in [0.25, 0.3) is 0 Å². The smallest absolute Gasteiger partial charge is 0.143 e. The zero-order valence-electron chi connectivity index (χ0n) is 10.9. The summed E-state index contributed by atoms with van der Waals surface area (Å²) in [5.41, 5.74) is -0.138. The molecule has 0 aliphatic carbocycles. The fraction of sp³-hybridized carbons (Fsp3) is 0.214. The summed E-state index contributed by atoms with van der Waals surface area (Å²) in [6.07, 6.45) is 0. The molecule has 0 fully saturated rings. The Bertz CT molecular complexity index is 653. The molecule has 4 nitrogen and oxygen atoms in total. The van der Waals surface area contributed by atoms with Gasteiger partial charge in [0.25, 0.3) is 0 Å². The molecule has 0 heterocycles. The number of anilines is 1. The Hall–Kier alpha value is -2.44. The summed E-state index contributed by atoms with van der Waals surface area (Å²) in [7, 11) is 0. The number of rotatable bonds is 3. The number of nitrogens with one attached hydrogen (secondary N) is 1.